The smallest absolute Gasteiger partial charge is 0.225 e. The van der Waals surface area contributed by atoms with Gasteiger partial charge in [-0.15, -0.1) is 0 Å². The highest BCUT2D eigenvalue weighted by molar-refractivity contribution is 5.79. The Morgan fingerprint density at radius 1 is 1.83 bits per heavy atom. The number of carbonyl (C=O) groups is 1. The number of amides is 1. The minimum atomic E-state index is 0.0407. The molecule has 4 nitrogen and oxygen atoms in total. The van der Waals surface area contributed by atoms with Gasteiger partial charge in [-0.05, 0) is 13.3 Å². The molecule has 70 valence electrons. The van der Waals surface area contributed by atoms with Gasteiger partial charge in [0, 0.05) is 19.2 Å². The molecule has 1 amide bonds. The fourth-order valence-corrected chi connectivity index (χ4v) is 1.16. The number of nitrogens with two attached hydrogens (primary N) is 1. The van der Waals surface area contributed by atoms with E-state index in [2.05, 4.69) is 5.32 Å². The molecular formula is C8H16N2O2. The first-order valence-electron chi connectivity index (χ1n) is 4.32. The molecule has 1 aliphatic heterocycles. The zero-order chi connectivity index (χ0) is 8.97. The van der Waals surface area contributed by atoms with Crippen LogP contribution >= 0.6 is 0 Å². The Bertz CT molecular complexity index is 155. The first-order valence-corrected chi connectivity index (χ1v) is 4.32. The normalized spacial score (nSPS) is 25.3. The molecule has 0 aliphatic carbocycles. The zero-order valence-corrected chi connectivity index (χ0v) is 7.38. The van der Waals surface area contributed by atoms with Gasteiger partial charge >= 0.3 is 0 Å². The Kier molecular flexibility index (Phi) is 3.49. The highest BCUT2D eigenvalue weighted by Gasteiger charge is 2.23. The molecule has 1 saturated heterocycles. The SMILES string of the molecule is CC(CN)NC(=O)C1CCOC1. The van der Waals surface area contributed by atoms with Gasteiger partial charge in [0.05, 0.1) is 12.5 Å². The molecule has 0 saturated carbocycles. The maximum Gasteiger partial charge on any atom is 0.225 e. The van der Waals surface area contributed by atoms with Crippen LogP contribution in [0.15, 0.2) is 0 Å². The van der Waals surface area contributed by atoms with E-state index in [0.29, 0.717) is 19.8 Å². The van der Waals surface area contributed by atoms with Crippen LogP contribution in [0.5, 0.6) is 0 Å². The third-order valence-electron chi connectivity index (χ3n) is 2.04. The summed E-state index contributed by atoms with van der Waals surface area (Å²) in [5.74, 6) is 0.115. The summed E-state index contributed by atoms with van der Waals surface area (Å²) >= 11 is 0. The molecular weight excluding hydrogens is 156 g/mol. The summed E-state index contributed by atoms with van der Waals surface area (Å²) in [6, 6.07) is 0.0677. The lowest BCUT2D eigenvalue weighted by Crippen LogP contribution is -2.41. The number of hydrogen-bond donors (Lipinski definition) is 2. The number of rotatable bonds is 3. The van der Waals surface area contributed by atoms with Gasteiger partial charge in [0.2, 0.25) is 5.91 Å². The van der Waals surface area contributed by atoms with Crippen molar-refractivity contribution < 1.29 is 9.53 Å². The summed E-state index contributed by atoms with van der Waals surface area (Å²) in [7, 11) is 0. The van der Waals surface area contributed by atoms with Crippen molar-refractivity contribution in [3.8, 4) is 0 Å². The van der Waals surface area contributed by atoms with Crippen LogP contribution < -0.4 is 11.1 Å². The van der Waals surface area contributed by atoms with E-state index in [1.54, 1.807) is 0 Å². The van der Waals surface area contributed by atoms with Crippen molar-refractivity contribution in [2.45, 2.75) is 19.4 Å². The Morgan fingerprint density at radius 2 is 2.58 bits per heavy atom. The number of hydrogen-bond acceptors (Lipinski definition) is 3. The molecule has 12 heavy (non-hydrogen) atoms. The average molecular weight is 172 g/mol. The molecule has 0 aromatic rings. The molecule has 0 bridgehead atoms. The maximum atomic E-state index is 11.4. The van der Waals surface area contributed by atoms with E-state index in [4.69, 9.17) is 10.5 Å². The van der Waals surface area contributed by atoms with E-state index < -0.39 is 0 Å². The van der Waals surface area contributed by atoms with Gasteiger partial charge in [-0.3, -0.25) is 4.79 Å². The first kappa shape index (κ1) is 9.48. The second-order valence-electron chi connectivity index (χ2n) is 3.21. The van der Waals surface area contributed by atoms with Gasteiger partial charge in [-0.2, -0.15) is 0 Å². The number of nitrogens with one attached hydrogen (secondary N) is 1. The Morgan fingerprint density at radius 3 is 3.08 bits per heavy atom. The monoisotopic (exact) mass is 172 g/mol. The molecule has 2 unspecified atom stereocenters. The second-order valence-corrected chi connectivity index (χ2v) is 3.21. The molecule has 3 N–H and O–H groups in total. The summed E-state index contributed by atoms with van der Waals surface area (Å²) in [5.41, 5.74) is 5.37. The van der Waals surface area contributed by atoms with E-state index in [1.165, 1.54) is 0 Å². The largest absolute Gasteiger partial charge is 0.381 e. The van der Waals surface area contributed by atoms with Crippen molar-refractivity contribution in [1.29, 1.82) is 0 Å². The van der Waals surface area contributed by atoms with Crippen LogP contribution in [-0.2, 0) is 9.53 Å². The van der Waals surface area contributed by atoms with E-state index in [1.807, 2.05) is 6.92 Å². The minimum absolute atomic E-state index is 0.0407. The molecule has 1 aliphatic rings. The highest BCUT2D eigenvalue weighted by Crippen LogP contribution is 2.11. The van der Waals surface area contributed by atoms with Gasteiger partial charge in [0.15, 0.2) is 0 Å². The quantitative estimate of drug-likeness (QED) is 0.602. The van der Waals surface area contributed by atoms with Crippen molar-refractivity contribution in [1.82, 2.24) is 5.32 Å². The predicted octanol–water partition coefficient (Wildman–Crippen LogP) is -0.514. The molecule has 1 rings (SSSR count). The van der Waals surface area contributed by atoms with Gasteiger partial charge in [0.25, 0.3) is 0 Å². The molecule has 0 radical (unpaired) electrons. The van der Waals surface area contributed by atoms with Crippen LogP contribution in [-0.4, -0.2) is 31.7 Å². The molecule has 4 heteroatoms. The summed E-state index contributed by atoms with van der Waals surface area (Å²) < 4.78 is 5.10. The van der Waals surface area contributed by atoms with Crippen LogP contribution in [0, 0.1) is 5.92 Å². The molecule has 2 atom stereocenters. The van der Waals surface area contributed by atoms with Crippen LogP contribution in [0.1, 0.15) is 13.3 Å². The lowest BCUT2D eigenvalue weighted by atomic mass is 10.1. The van der Waals surface area contributed by atoms with Crippen molar-refractivity contribution >= 4 is 5.91 Å². The highest BCUT2D eigenvalue weighted by atomic mass is 16.5. The lowest BCUT2D eigenvalue weighted by Gasteiger charge is -2.13. The summed E-state index contributed by atoms with van der Waals surface area (Å²) in [5, 5.41) is 2.83. The fraction of sp³-hybridized carbons (Fsp3) is 0.875. The Balaban J connectivity index is 2.27. The number of carbonyl (C=O) groups excluding carboxylic acids is 1. The fourth-order valence-electron chi connectivity index (χ4n) is 1.16. The van der Waals surface area contributed by atoms with Crippen LogP contribution in [0.3, 0.4) is 0 Å². The van der Waals surface area contributed by atoms with E-state index in [-0.39, 0.29) is 17.9 Å². The van der Waals surface area contributed by atoms with Crippen molar-refractivity contribution in [2.75, 3.05) is 19.8 Å². The van der Waals surface area contributed by atoms with E-state index >= 15 is 0 Å². The van der Waals surface area contributed by atoms with Crippen LogP contribution in [0.4, 0.5) is 0 Å². The van der Waals surface area contributed by atoms with Gasteiger partial charge < -0.3 is 15.8 Å². The minimum Gasteiger partial charge on any atom is -0.381 e. The molecule has 1 fully saturated rings. The second kappa shape index (κ2) is 4.42. The first-order chi connectivity index (χ1) is 5.74. The van der Waals surface area contributed by atoms with Gasteiger partial charge in [-0.25, -0.2) is 0 Å². The Labute approximate surface area is 72.5 Å². The van der Waals surface area contributed by atoms with Crippen molar-refractivity contribution in [2.24, 2.45) is 11.7 Å². The van der Waals surface area contributed by atoms with Crippen molar-refractivity contribution in [3.63, 3.8) is 0 Å². The molecule has 0 aromatic heterocycles. The standard InChI is InChI=1S/C8H16N2O2/c1-6(4-9)10-8(11)7-2-3-12-5-7/h6-7H,2-5,9H2,1H3,(H,10,11). The Hall–Kier alpha value is -0.610. The van der Waals surface area contributed by atoms with Crippen molar-refractivity contribution in [3.05, 3.63) is 0 Å². The summed E-state index contributed by atoms with van der Waals surface area (Å²) in [6.45, 7) is 3.64. The maximum absolute atomic E-state index is 11.4. The topological polar surface area (TPSA) is 64.3 Å². The van der Waals surface area contributed by atoms with Gasteiger partial charge in [0.1, 0.15) is 0 Å². The zero-order valence-electron chi connectivity index (χ0n) is 7.38. The summed E-state index contributed by atoms with van der Waals surface area (Å²) in [6.07, 6.45) is 0.836. The predicted molar refractivity (Wildman–Crippen MR) is 45.6 cm³/mol. The number of ether oxygens (including phenoxy) is 1. The third-order valence-corrected chi connectivity index (χ3v) is 2.04. The molecule has 0 spiro atoms. The summed E-state index contributed by atoms with van der Waals surface area (Å²) in [4.78, 5) is 11.4. The molecule has 1 heterocycles. The average Bonchev–Trinajstić information content (AvgIpc) is 2.56. The van der Waals surface area contributed by atoms with Gasteiger partial charge in [-0.1, -0.05) is 0 Å². The molecule has 0 aromatic carbocycles. The third kappa shape index (κ3) is 2.46. The lowest BCUT2D eigenvalue weighted by molar-refractivity contribution is -0.125. The van der Waals surface area contributed by atoms with Crippen LogP contribution in [0.2, 0.25) is 0 Å². The van der Waals surface area contributed by atoms with E-state index in [0.717, 1.165) is 6.42 Å². The van der Waals surface area contributed by atoms with E-state index in [9.17, 15) is 4.79 Å². The van der Waals surface area contributed by atoms with Crippen LogP contribution in [0.25, 0.3) is 0 Å².